The minimum atomic E-state index is -0.304. The number of carbonyl (C=O) groups is 1. The highest BCUT2D eigenvalue weighted by Gasteiger charge is 2.08. The van der Waals surface area contributed by atoms with E-state index in [0.29, 0.717) is 6.54 Å². The van der Waals surface area contributed by atoms with E-state index in [-0.39, 0.29) is 18.3 Å². The van der Waals surface area contributed by atoms with Crippen molar-refractivity contribution in [3.05, 3.63) is 53.4 Å². The Balaban J connectivity index is 1.91. The van der Waals surface area contributed by atoms with Gasteiger partial charge >= 0.3 is 0 Å². The number of aliphatic hydroxyl groups excluding tert-OH is 1. The standard InChI is InChI=1S/C14H12N2O3/c17-9-1-2-11-3-5-12(6-4-11)10-15-14(18)13-7-8-16-19-13/h3-8,17H,9-10H2,(H,15,18). The van der Waals surface area contributed by atoms with Gasteiger partial charge in [-0.15, -0.1) is 0 Å². The largest absolute Gasteiger partial charge is 0.384 e. The lowest BCUT2D eigenvalue weighted by Crippen LogP contribution is -2.22. The molecular formula is C14H12N2O3. The van der Waals surface area contributed by atoms with Gasteiger partial charge in [-0.05, 0) is 17.7 Å². The van der Waals surface area contributed by atoms with E-state index >= 15 is 0 Å². The normalized spacial score (nSPS) is 9.53. The topological polar surface area (TPSA) is 75.4 Å². The number of aromatic nitrogens is 1. The van der Waals surface area contributed by atoms with Crippen LogP contribution in [0, 0.1) is 11.8 Å². The SMILES string of the molecule is O=C(NCc1ccc(C#CCO)cc1)c1ccno1. The summed E-state index contributed by atoms with van der Waals surface area (Å²) in [6, 6.07) is 8.89. The third kappa shape index (κ3) is 3.69. The zero-order valence-electron chi connectivity index (χ0n) is 10.1. The number of aliphatic hydroxyl groups is 1. The van der Waals surface area contributed by atoms with E-state index < -0.39 is 0 Å². The molecule has 0 saturated carbocycles. The number of rotatable bonds is 3. The van der Waals surface area contributed by atoms with Crippen LogP contribution < -0.4 is 5.32 Å². The molecule has 0 saturated heterocycles. The first kappa shape index (κ1) is 12.9. The molecule has 5 heteroatoms. The molecule has 0 unspecified atom stereocenters. The van der Waals surface area contributed by atoms with Crippen LogP contribution in [-0.2, 0) is 6.54 Å². The van der Waals surface area contributed by atoms with Crippen molar-refractivity contribution < 1.29 is 14.4 Å². The third-order valence-corrected chi connectivity index (χ3v) is 2.38. The van der Waals surface area contributed by atoms with Crippen LogP contribution in [0.25, 0.3) is 0 Å². The van der Waals surface area contributed by atoms with Crippen molar-refractivity contribution in [3.8, 4) is 11.8 Å². The molecule has 0 aliphatic rings. The lowest BCUT2D eigenvalue weighted by Gasteiger charge is -2.03. The van der Waals surface area contributed by atoms with Gasteiger partial charge in [0.25, 0.3) is 5.91 Å². The predicted octanol–water partition coefficient (Wildman–Crippen LogP) is 0.948. The summed E-state index contributed by atoms with van der Waals surface area (Å²) in [5.74, 6) is 5.25. The first-order chi connectivity index (χ1) is 9.29. The second-order valence-corrected chi connectivity index (χ2v) is 3.72. The Bertz CT molecular complexity index is 592. The number of nitrogens with zero attached hydrogens (tertiary/aromatic N) is 1. The molecule has 0 aliphatic carbocycles. The number of hydrogen-bond acceptors (Lipinski definition) is 4. The van der Waals surface area contributed by atoms with Gasteiger partial charge in [0.1, 0.15) is 6.61 Å². The highest BCUT2D eigenvalue weighted by Crippen LogP contribution is 2.04. The lowest BCUT2D eigenvalue weighted by molar-refractivity contribution is 0.0914. The molecule has 96 valence electrons. The molecule has 1 aromatic carbocycles. The molecular weight excluding hydrogens is 244 g/mol. The number of carbonyl (C=O) groups excluding carboxylic acids is 1. The molecule has 1 aromatic heterocycles. The molecule has 19 heavy (non-hydrogen) atoms. The Morgan fingerprint density at radius 3 is 2.74 bits per heavy atom. The Morgan fingerprint density at radius 1 is 1.32 bits per heavy atom. The first-order valence-corrected chi connectivity index (χ1v) is 5.67. The van der Waals surface area contributed by atoms with Crippen LogP contribution in [0.1, 0.15) is 21.7 Å². The highest BCUT2D eigenvalue weighted by molar-refractivity contribution is 5.91. The maximum atomic E-state index is 11.6. The second kappa shape index (κ2) is 6.38. The van der Waals surface area contributed by atoms with Crippen LogP contribution in [0.4, 0.5) is 0 Å². The Morgan fingerprint density at radius 2 is 2.11 bits per heavy atom. The van der Waals surface area contributed by atoms with Crippen LogP contribution in [0.15, 0.2) is 41.1 Å². The number of nitrogens with one attached hydrogen (secondary N) is 1. The number of benzene rings is 1. The maximum Gasteiger partial charge on any atom is 0.290 e. The molecule has 1 heterocycles. The second-order valence-electron chi connectivity index (χ2n) is 3.72. The summed E-state index contributed by atoms with van der Waals surface area (Å²) >= 11 is 0. The number of amides is 1. The summed E-state index contributed by atoms with van der Waals surface area (Å²) < 4.78 is 4.74. The third-order valence-electron chi connectivity index (χ3n) is 2.38. The van der Waals surface area contributed by atoms with E-state index in [9.17, 15) is 4.79 Å². The van der Waals surface area contributed by atoms with Gasteiger partial charge in [0.05, 0.1) is 6.20 Å². The molecule has 2 rings (SSSR count). The molecule has 5 nitrogen and oxygen atoms in total. The molecule has 0 spiro atoms. The summed E-state index contributed by atoms with van der Waals surface area (Å²) in [6.07, 6.45) is 1.42. The van der Waals surface area contributed by atoms with Crippen LogP contribution >= 0.6 is 0 Å². The van der Waals surface area contributed by atoms with Crippen LogP contribution in [0.3, 0.4) is 0 Å². The minimum Gasteiger partial charge on any atom is -0.384 e. The fourth-order valence-electron chi connectivity index (χ4n) is 1.45. The van der Waals surface area contributed by atoms with Crippen molar-refractivity contribution in [1.82, 2.24) is 10.5 Å². The molecule has 2 aromatic rings. The van der Waals surface area contributed by atoms with E-state index in [2.05, 4.69) is 22.3 Å². The van der Waals surface area contributed by atoms with Gasteiger partial charge < -0.3 is 14.9 Å². The molecule has 1 amide bonds. The zero-order valence-corrected chi connectivity index (χ0v) is 10.1. The van der Waals surface area contributed by atoms with Crippen molar-refractivity contribution in [1.29, 1.82) is 0 Å². The van der Waals surface area contributed by atoms with Gasteiger partial charge in [-0.1, -0.05) is 29.1 Å². The van der Waals surface area contributed by atoms with Gasteiger partial charge in [0, 0.05) is 18.2 Å². The van der Waals surface area contributed by atoms with Gasteiger partial charge in [-0.25, -0.2) is 0 Å². The van der Waals surface area contributed by atoms with Crippen LogP contribution in [0.5, 0.6) is 0 Å². The predicted molar refractivity (Wildman–Crippen MR) is 68.1 cm³/mol. The van der Waals surface area contributed by atoms with Crippen molar-refractivity contribution in [2.45, 2.75) is 6.54 Å². The Kier molecular flexibility index (Phi) is 4.32. The Hall–Kier alpha value is -2.58. The molecule has 0 bridgehead atoms. The lowest BCUT2D eigenvalue weighted by atomic mass is 10.1. The molecule has 0 radical (unpaired) electrons. The van der Waals surface area contributed by atoms with Crippen molar-refractivity contribution in [3.63, 3.8) is 0 Å². The average molecular weight is 256 g/mol. The summed E-state index contributed by atoms with van der Waals surface area (Å²) in [5.41, 5.74) is 1.77. The van der Waals surface area contributed by atoms with E-state index in [1.165, 1.54) is 12.3 Å². The van der Waals surface area contributed by atoms with Crippen molar-refractivity contribution in [2.75, 3.05) is 6.61 Å². The van der Waals surface area contributed by atoms with Crippen LogP contribution in [-0.4, -0.2) is 22.8 Å². The van der Waals surface area contributed by atoms with E-state index in [1.807, 2.05) is 24.3 Å². The van der Waals surface area contributed by atoms with Gasteiger partial charge in [0.15, 0.2) is 0 Å². The van der Waals surface area contributed by atoms with Crippen molar-refractivity contribution in [2.24, 2.45) is 0 Å². The fourth-order valence-corrected chi connectivity index (χ4v) is 1.45. The first-order valence-electron chi connectivity index (χ1n) is 5.67. The smallest absolute Gasteiger partial charge is 0.290 e. The summed E-state index contributed by atoms with van der Waals surface area (Å²) in [7, 11) is 0. The quantitative estimate of drug-likeness (QED) is 0.802. The van der Waals surface area contributed by atoms with E-state index in [4.69, 9.17) is 9.63 Å². The minimum absolute atomic E-state index is 0.158. The van der Waals surface area contributed by atoms with Gasteiger partial charge in [-0.3, -0.25) is 4.79 Å². The summed E-state index contributed by atoms with van der Waals surface area (Å²) in [5, 5.41) is 14.8. The summed E-state index contributed by atoms with van der Waals surface area (Å²) in [6.45, 7) is 0.238. The highest BCUT2D eigenvalue weighted by atomic mass is 16.5. The van der Waals surface area contributed by atoms with E-state index in [0.717, 1.165) is 11.1 Å². The molecule has 0 fully saturated rings. The fraction of sp³-hybridized carbons (Fsp3) is 0.143. The van der Waals surface area contributed by atoms with Gasteiger partial charge in [0.2, 0.25) is 5.76 Å². The molecule has 0 aliphatic heterocycles. The average Bonchev–Trinajstić information content (AvgIpc) is 2.98. The van der Waals surface area contributed by atoms with Crippen molar-refractivity contribution >= 4 is 5.91 Å². The van der Waals surface area contributed by atoms with E-state index in [1.54, 1.807) is 0 Å². The molecule has 2 N–H and O–H groups in total. The monoisotopic (exact) mass is 256 g/mol. The molecule has 0 atom stereocenters. The maximum absolute atomic E-state index is 11.6. The summed E-state index contributed by atoms with van der Waals surface area (Å²) in [4.78, 5) is 11.6. The Labute approximate surface area is 110 Å². The van der Waals surface area contributed by atoms with Crippen LogP contribution in [0.2, 0.25) is 0 Å². The van der Waals surface area contributed by atoms with Gasteiger partial charge in [-0.2, -0.15) is 0 Å². The number of hydrogen-bond donors (Lipinski definition) is 2. The zero-order chi connectivity index (χ0) is 13.5.